The molecule has 0 aliphatic rings. The van der Waals surface area contributed by atoms with Crippen LogP contribution in [0, 0.1) is 21.4 Å². The number of nitrogens with zero attached hydrogens (tertiary/aromatic N) is 3. The summed E-state index contributed by atoms with van der Waals surface area (Å²) in [5.41, 5.74) is 3.65. The van der Waals surface area contributed by atoms with Gasteiger partial charge in [0.15, 0.2) is 0 Å². The van der Waals surface area contributed by atoms with Crippen LogP contribution in [0.3, 0.4) is 0 Å². The molecule has 0 atom stereocenters. The van der Waals surface area contributed by atoms with Crippen molar-refractivity contribution in [1.82, 2.24) is 0 Å². The lowest BCUT2D eigenvalue weighted by Gasteiger charge is -2.09. The topological polar surface area (TPSA) is 137 Å². The van der Waals surface area contributed by atoms with Gasteiger partial charge in [0.05, 0.1) is 27.7 Å². The van der Waals surface area contributed by atoms with E-state index in [-0.39, 0.29) is 10.6 Å². The summed E-state index contributed by atoms with van der Waals surface area (Å²) in [6, 6.07) is 20.3. The number of nitro groups is 1. The van der Waals surface area contributed by atoms with Crippen molar-refractivity contribution in [3.63, 3.8) is 0 Å². The van der Waals surface area contributed by atoms with Gasteiger partial charge in [-0.1, -0.05) is 30.3 Å². The first-order chi connectivity index (χ1) is 14.4. The molecule has 0 aromatic heterocycles. The number of anilines is 2. The maximum atomic E-state index is 12.5. The number of hydrogen-bond acceptors (Lipinski definition) is 7. The minimum absolute atomic E-state index is 0.0311. The number of nitro benzene ring substituents is 1. The second-order valence-electron chi connectivity index (χ2n) is 6.01. The van der Waals surface area contributed by atoms with Gasteiger partial charge in [0.1, 0.15) is 5.69 Å². The van der Waals surface area contributed by atoms with Crippen LogP contribution >= 0.6 is 0 Å². The minimum atomic E-state index is -4.00. The number of benzene rings is 3. The predicted octanol–water partition coefficient (Wildman–Crippen LogP) is 3.71. The highest BCUT2D eigenvalue weighted by molar-refractivity contribution is 7.92. The molecular formula is C20H15N5O4S. The number of para-hydroxylation sites is 1. The van der Waals surface area contributed by atoms with E-state index in [1.165, 1.54) is 18.3 Å². The van der Waals surface area contributed by atoms with E-state index in [0.29, 0.717) is 16.8 Å². The number of rotatable bonds is 7. The maximum Gasteiger partial charge on any atom is 0.295 e. The van der Waals surface area contributed by atoms with Crippen LogP contribution in [0.2, 0.25) is 0 Å². The van der Waals surface area contributed by atoms with Crippen molar-refractivity contribution >= 4 is 33.3 Å². The average Bonchev–Trinajstić information content (AvgIpc) is 2.74. The fourth-order valence-corrected chi connectivity index (χ4v) is 3.54. The Morgan fingerprint density at radius 3 is 2.37 bits per heavy atom. The molecule has 0 bridgehead atoms. The van der Waals surface area contributed by atoms with E-state index in [4.69, 9.17) is 5.26 Å². The van der Waals surface area contributed by atoms with Crippen LogP contribution in [0.25, 0.3) is 0 Å². The highest BCUT2D eigenvalue weighted by Crippen LogP contribution is 2.28. The molecule has 0 saturated carbocycles. The first-order valence-electron chi connectivity index (χ1n) is 8.54. The molecule has 30 heavy (non-hydrogen) atoms. The van der Waals surface area contributed by atoms with Crippen molar-refractivity contribution in [1.29, 1.82) is 5.26 Å². The fourth-order valence-electron chi connectivity index (χ4n) is 2.46. The summed E-state index contributed by atoms with van der Waals surface area (Å²) in [6.07, 6.45) is 1.42. The molecule has 0 unspecified atom stereocenters. The zero-order valence-electron chi connectivity index (χ0n) is 15.4. The Hall–Kier alpha value is -4.23. The van der Waals surface area contributed by atoms with E-state index < -0.39 is 20.6 Å². The Kier molecular flexibility index (Phi) is 6.05. The Morgan fingerprint density at radius 2 is 1.73 bits per heavy atom. The van der Waals surface area contributed by atoms with E-state index in [0.717, 1.165) is 6.07 Å². The number of nitrogens with one attached hydrogen (secondary N) is 2. The van der Waals surface area contributed by atoms with Crippen molar-refractivity contribution in [2.24, 2.45) is 5.10 Å². The molecule has 0 amide bonds. The lowest BCUT2D eigenvalue weighted by Crippen LogP contribution is -2.13. The van der Waals surface area contributed by atoms with Gasteiger partial charge in [0.2, 0.25) is 0 Å². The van der Waals surface area contributed by atoms with Gasteiger partial charge >= 0.3 is 0 Å². The molecule has 3 rings (SSSR count). The Balaban J connectivity index is 1.82. The third kappa shape index (κ3) is 4.98. The molecular weight excluding hydrogens is 406 g/mol. The van der Waals surface area contributed by atoms with Gasteiger partial charge in [-0.3, -0.25) is 20.3 Å². The van der Waals surface area contributed by atoms with E-state index in [1.54, 1.807) is 54.6 Å². The van der Waals surface area contributed by atoms with Crippen LogP contribution in [0.1, 0.15) is 11.1 Å². The lowest BCUT2D eigenvalue weighted by molar-refractivity contribution is -0.384. The number of hydrogen-bond donors (Lipinski definition) is 2. The number of sulfonamides is 1. The zero-order chi connectivity index (χ0) is 21.6. The number of nitriles is 1. The molecule has 0 fully saturated rings. The van der Waals surface area contributed by atoms with Crippen LogP contribution < -0.4 is 10.1 Å². The minimum Gasteiger partial charge on any atom is -0.280 e. The van der Waals surface area contributed by atoms with Crippen molar-refractivity contribution in [2.45, 2.75) is 4.90 Å². The van der Waals surface area contributed by atoms with Crippen LogP contribution in [-0.2, 0) is 10.0 Å². The quantitative estimate of drug-likeness (QED) is 0.339. The molecule has 0 saturated heterocycles. The molecule has 0 aliphatic heterocycles. The van der Waals surface area contributed by atoms with Crippen LogP contribution in [0.4, 0.5) is 17.1 Å². The molecule has 2 N–H and O–H groups in total. The molecule has 0 spiro atoms. The van der Waals surface area contributed by atoms with Gasteiger partial charge in [-0.15, -0.1) is 0 Å². The smallest absolute Gasteiger partial charge is 0.280 e. The van der Waals surface area contributed by atoms with Crippen molar-refractivity contribution in [3.8, 4) is 6.07 Å². The lowest BCUT2D eigenvalue weighted by atomic mass is 10.2. The molecule has 3 aromatic rings. The van der Waals surface area contributed by atoms with Crippen LogP contribution in [0.5, 0.6) is 0 Å². The van der Waals surface area contributed by atoms with E-state index in [1.807, 2.05) is 6.07 Å². The van der Waals surface area contributed by atoms with Gasteiger partial charge in [0.25, 0.3) is 15.7 Å². The van der Waals surface area contributed by atoms with Gasteiger partial charge in [-0.05, 0) is 42.0 Å². The maximum absolute atomic E-state index is 12.5. The molecule has 3 aromatic carbocycles. The largest absolute Gasteiger partial charge is 0.295 e. The van der Waals surface area contributed by atoms with E-state index >= 15 is 0 Å². The van der Waals surface area contributed by atoms with Crippen LogP contribution in [0.15, 0.2) is 82.8 Å². The zero-order valence-corrected chi connectivity index (χ0v) is 16.2. The second kappa shape index (κ2) is 8.85. The van der Waals surface area contributed by atoms with Gasteiger partial charge in [0, 0.05) is 11.8 Å². The third-order valence-electron chi connectivity index (χ3n) is 3.94. The second-order valence-corrected chi connectivity index (χ2v) is 7.69. The van der Waals surface area contributed by atoms with E-state index in [9.17, 15) is 18.5 Å². The van der Waals surface area contributed by atoms with E-state index in [2.05, 4.69) is 15.2 Å². The summed E-state index contributed by atoms with van der Waals surface area (Å²) >= 11 is 0. The Bertz CT molecular complexity index is 1230. The molecule has 0 aliphatic carbocycles. The highest BCUT2D eigenvalue weighted by Gasteiger charge is 2.21. The Morgan fingerprint density at radius 1 is 1.03 bits per heavy atom. The summed E-state index contributed by atoms with van der Waals surface area (Å²) in [6.45, 7) is 0. The molecule has 10 heteroatoms. The average molecular weight is 421 g/mol. The summed E-state index contributed by atoms with van der Waals surface area (Å²) in [5, 5.41) is 24.2. The summed E-state index contributed by atoms with van der Waals surface area (Å²) in [7, 11) is -4.00. The first kappa shape index (κ1) is 20.5. The van der Waals surface area contributed by atoms with Gasteiger partial charge in [-0.2, -0.15) is 10.4 Å². The standard InChI is InChI=1S/C20H15N5O4S/c21-13-15-6-8-16(9-7-15)14-22-23-19-11-10-18(12-20(19)25(26)27)30(28,29)24-17-4-2-1-3-5-17/h1-12,14,23-24H/b22-14+. The first-order valence-corrected chi connectivity index (χ1v) is 10.0. The predicted molar refractivity (Wildman–Crippen MR) is 113 cm³/mol. The third-order valence-corrected chi connectivity index (χ3v) is 5.32. The van der Waals surface area contributed by atoms with Crippen molar-refractivity contribution < 1.29 is 13.3 Å². The molecule has 150 valence electrons. The normalized spacial score (nSPS) is 11.0. The summed E-state index contributed by atoms with van der Waals surface area (Å²) in [4.78, 5) is 10.5. The number of hydrazone groups is 1. The summed E-state index contributed by atoms with van der Waals surface area (Å²) in [5.74, 6) is 0. The Labute approximate surface area is 172 Å². The monoisotopic (exact) mass is 421 g/mol. The van der Waals surface area contributed by atoms with Gasteiger partial charge in [-0.25, -0.2) is 8.42 Å². The van der Waals surface area contributed by atoms with Crippen molar-refractivity contribution in [2.75, 3.05) is 10.1 Å². The van der Waals surface area contributed by atoms with Crippen LogP contribution in [-0.4, -0.2) is 19.6 Å². The summed E-state index contributed by atoms with van der Waals surface area (Å²) < 4.78 is 27.4. The molecule has 0 radical (unpaired) electrons. The highest BCUT2D eigenvalue weighted by atomic mass is 32.2. The SMILES string of the molecule is N#Cc1ccc(/C=N/Nc2ccc(S(=O)(=O)Nc3ccccc3)cc2[N+](=O)[O-])cc1. The van der Waals surface area contributed by atoms with Gasteiger partial charge < -0.3 is 0 Å². The fraction of sp³-hybridized carbons (Fsp3) is 0. The molecule has 9 nitrogen and oxygen atoms in total. The molecule has 0 heterocycles. The van der Waals surface area contributed by atoms with Crippen molar-refractivity contribution in [3.05, 3.63) is 94.0 Å².